The predicted octanol–water partition coefficient (Wildman–Crippen LogP) is 5.90. The van der Waals surface area contributed by atoms with Crippen molar-refractivity contribution in [2.24, 2.45) is 17.3 Å². The maximum absolute atomic E-state index is 6.65. The zero-order valence-electron chi connectivity index (χ0n) is 12.1. The Morgan fingerprint density at radius 2 is 1.84 bits per heavy atom. The first-order valence-electron chi connectivity index (χ1n) is 7.27. The molecule has 3 atom stereocenters. The van der Waals surface area contributed by atoms with E-state index in [1.54, 1.807) is 0 Å². The minimum Gasteiger partial charge on any atom is -0.123 e. The SMILES string of the molecule is CC1CCC(C(C)(C)Cc2ccc(I)cc2)C(Cl)C1. The normalized spacial score (nSPS) is 28.4. The Bertz CT molecular complexity index is 410. The van der Waals surface area contributed by atoms with Crippen LogP contribution in [0.5, 0.6) is 0 Å². The van der Waals surface area contributed by atoms with Gasteiger partial charge in [-0.2, -0.15) is 0 Å². The Morgan fingerprint density at radius 3 is 2.42 bits per heavy atom. The summed E-state index contributed by atoms with van der Waals surface area (Å²) in [6.07, 6.45) is 4.94. The molecular weight excluding hydrogens is 367 g/mol. The fourth-order valence-electron chi connectivity index (χ4n) is 3.45. The molecule has 3 unspecified atom stereocenters. The molecule has 1 saturated carbocycles. The summed E-state index contributed by atoms with van der Waals surface area (Å²) >= 11 is 9.01. The Morgan fingerprint density at radius 1 is 1.21 bits per heavy atom. The van der Waals surface area contributed by atoms with Crippen LogP contribution in [0.2, 0.25) is 0 Å². The van der Waals surface area contributed by atoms with E-state index >= 15 is 0 Å². The molecule has 1 aromatic carbocycles. The molecule has 1 aliphatic carbocycles. The Balaban J connectivity index is 2.07. The minimum absolute atomic E-state index is 0.291. The van der Waals surface area contributed by atoms with Crippen LogP contribution in [0.25, 0.3) is 0 Å². The number of hydrogen-bond acceptors (Lipinski definition) is 0. The lowest BCUT2D eigenvalue weighted by Crippen LogP contribution is -2.37. The molecule has 2 rings (SSSR count). The Kier molecular flexibility index (Phi) is 5.21. The molecule has 106 valence electrons. The van der Waals surface area contributed by atoms with Gasteiger partial charge in [0.1, 0.15) is 0 Å². The fraction of sp³-hybridized carbons (Fsp3) is 0.647. The highest BCUT2D eigenvalue weighted by Gasteiger charge is 2.37. The van der Waals surface area contributed by atoms with E-state index in [9.17, 15) is 0 Å². The second kappa shape index (κ2) is 6.34. The number of rotatable bonds is 3. The highest BCUT2D eigenvalue weighted by Crippen LogP contribution is 2.44. The van der Waals surface area contributed by atoms with Crippen LogP contribution in [0, 0.1) is 20.8 Å². The topological polar surface area (TPSA) is 0 Å². The summed E-state index contributed by atoms with van der Waals surface area (Å²) in [5.74, 6) is 1.44. The van der Waals surface area contributed by atoms with Gasteiger partial charge in [0.15, 0.2) is 0 Å². The van der Waals surface area contributed by atoms with E-state index in [0.29, 0.717) is 16.7 Å². The molecule has 19 heavy (non-hydrogen) atoms. The molecule has 0 nitrogen and oxygen atoms in total. The highest BCUT2D eigenvalue weighted by molar-refractivity contribution is 14.1. The van der Waals surface area contributed by atoms with E-state index in [1.807, 2.05) is 0 Å². The zero-order chi connectivity index (χ0) is 14.0. The summed E-state index contributed by atoms with van der Waals surface area (Å²) in [6, 6.07) is 8.93. The molecule has 2 heteroatoms. The summed E-state index contributed by atoms with van der Waals surface area (Å²) in [6.45, 7) is 7.11. The molecule has 0 heterocycles. The van der Waals surface area contributed by atoms with E-state index in [0.717, 1.165) is 12.3 Å². The Labute approximate surface area is 136 Å². The van der Waals surface area contributed by atoms with Crippen molar-refractivity contribution in [1.29, 1.82) is 0 Å². The average Bonchev–Trinajstić information content (AvgIpc) is 2.31. The van der Waals surface area contributed by atoms with Gasteiger partial charge in [-0.1, -0.05) is 39.3 Å². The molecule has 0 spiro atoms. The molecule has 1 fully saturated rings. The third kappa shape index (κ3) is 4.10. The summed E-state index contributed by atoms with van der Waals surface area (Å²) in [5, 5.41) is 0.350. The zero-order valence-corrected chi connectivity index (χ0v) is 15.0. The highest BCUT2D eigenvalue weighted by atomic mass is 127. The lowest BCUT2D eigenvalue weighted by atomic mass is 9.66. The van der Waals surface area contributed by atoms with Crippen LogP contribution in [-0.4, -0.2) is 5.38 Å². The molecule has 1 aliphatic rings. The van der Waals surface area contributed by atoms with Gasteiger partial charge >= 0.3 is 0 Å². The minimum atomic E-state index is 0.291. The first kappa shape index (κ1) is 15.6. The molecule has 1 aromatic rings. The standard InChI is InChI=1S/C17H24ClI/c1-12-4-9-15(16(18)10-12)17(2,3)11-13-5-7-14(19)8-6-13/h5-8,12,15-16H,4,9-11H2,1-3H3. The van der Waals surface area contributed by atoms with E-state index in [4.69, 9.17) is 11.6 Å². The third-order valence-corrected chi connectivity index (χ3v) is 5.81. The molecule has 0 saturated heterocycles. The van der Waals surface area contributed by atoms with E-state index in [-0.39, 0.29) is 0 Å². The van der Waals surface area contributed by atoms with Crippen LogP contribution in [0.1, 0.15) is 45.6 Å². The van der Waals surface area contributed by atoms with Crippen molar-refractivity contribution in [3.63, 3.8) is 0 Å². The third-order valence-electron chi connectivity index (χ3n) is 4.61. The van der Waals surface area contributed by atoms with Crippen LogP contribution < -0.4 is 0 Å². The van der Waals surface area contributed by atoms with Crippen LogP contribution in [0.15, 0.2) is 24.3 Å². The fourth-order valence-corrected chi connectivity index (χ4v) is 4.58. The van der Waals surface area contributed by atoms with Gasteiger partial charge in [0.25, 0.3) is 0 Å². The van der Waals surface area contributed by atoms with Crippen molar-refractivity contribution in [2.75, 3.05) is 0 Å². The van der Waals surface area contributed by atoms with Crippen molar-refractivity contribution < 1.29 is 0 Å². The monoisotopic (exact) mass is 390 g/mol. The molecule has 0 radical (unpaired) electrons. The molecule has 0 N–H and O–H groups in total. The van der Waals surface area contributed by atoms with Crippen molar-refractivity contribution in [3.05, 3.63) is 33.4 Å². The Hall–Kier alpha value is 0.240. The van der Waals surface area contributed by atoms with Crippen molar-refractivity contribution in [1.82, 2.24) is 0 Å². The smallest absolute Gasteiger partial charge is 0.0372 e. The maximum atomic E-state index is 6.65. The van der Waals surface area contributed by atoms with Crippen molar-refractivity contribution in [2.45, 2.75) is 51.8 Å². The number of benzene rings is 1. The van der Waals surface area contributed by atoms with E-state index in [2.05, 4.69) is 67.6 Å². The van der Waals surface area contributed by atoms with Crippen molar-refractivity contribution in [3.8, 4) is 0 Å². The van der Waals surface area contributed by atoms with Crippen LogP contribution in [0.3, 0.4) is 0 Å². The van der Waals surface area contributed by atoms with Gasteiger partial charge < -0.3 is 0 Å². The molecule has 0 aliphatic heterocycles. The maximum Gasteiger partial charge on any atom is 0.0372 e. The first-order chi connectivity index (χ1) is 8.88. The van der Waals surface area contributed by atoms with Gasteiger partial charge in [-0.3, -0.25) is 0 Å². The molecule has 0 aromatic heterocycles. The van der Waals surface area contributed by atoms with Crippen LogP contribution >= 0.6 is 34.2 Å². The van der Waals surface area contributed by atoms with Gasteiger partial charge in [-0.15, -0.1) is 11.6 Å². The predicted molar refractivity (Wildman–Crippen MR) is 92.8 cm³/mol. The van der Waals surface area contributed by atoms with Gasteiger partial charge in [0, 0.05) is 8.95 Å². The lowest BCUT2D eigenvalue weighted by Gasteiger charge is -2.42. The van der Waals surface area contributed by atoms with Gasteiger partial charge in [-0.05, 0) is 76.8 Å². The first-order valence-corrected chi connectivity index (χ1v) is 8.78. The summed E-state index contributed by atoms with van der Waals surface area (Å²) in [7, 11) is 0. The van der Waals surface area contributed by atoms with Crippen LogP contribution in [0.4, 0.5) is 0 Å². The second-order valence-corrected chi connectivity index (χ2v) is 8.64. The summed E-state index contributed by atoms with van der Waals surface area (Å²) in [5.41, 5.74) is 1.73. The molecule has 0 bridgehead atoms. The lowest BCUT2D eigenvalue weighted by molar-refractivity contribution is 0.142. The number of halogens is 2. The van der Waals surface area contributed by atoms with Gasteiger partial charge in [0.2, 0.25) is 0 Å². The van der Waals surface area contributed by atoms with Crippen molar-refractivity contribution >= 4 is 34.2 Å². The van der Waals surface area contributed by atoms with E-state index in [1.165, 1.54) is 28.4 Å². The average molecular weight is 391 g/mol. The van der Waals surface area contributed by atoms with E-state index < -0.39 is 0 Å². The largest absolute Gasteiger partial charge is 0.123 e. The van der Waals surface area contributed by atoms with Crippen LogP contribution in [-0.2, 0) is 6.42 Å². The second-order valence-electron chi connectivity index (χ2n) is 6.83. The summed E-state index contributed by atoms with van der Waals surface area (Å²) < 4.78 is 1.31. The van der Waals surface area contributed by atoms with Gasteiger partial charge in [0.05, 0.1) is 0 Å². The van der Waals surface area contributed by atoms with Gasteiger partial charge in [-0.25, -0.2) is 0 Å². The number of hydrogen-bond donors (Lipinski definition) is 0. The molecule has 0 amide bonds. The summed E-state index contributed by atoms with van der Waals surface area (Å²) in [4.78, 5) is 0. The quantitative estimate of drug-likeness (QED) is 0.445. The molecular formula is C17H24ClI. The number of alkyl halides is 1.